The standard InChI is InChI=1S/C25H31N7O7S/c26-16(7-13-9-28-17-4-2-1-3-15(13)17)22(35)31-19(8-14-10-27-12-29-14)24(37)30-18(5-6-21(33)34)23(36)32-20(11-40)25(38)39/h1-4,9-10,12,16,18-20,28,40H,5-8,11,26H2,(H,27,29)(H,30,37)(H,31,35)(H,32,36)(H,33,34)(H,38,39). The fraction of sp³-hybridized carbons (Fsp3) is 0.360. The van der Waals surface area contributed by atoms with Crippen molar-refractivity contribution in [3.63, 3.8) is 0 Å². The van der Waals surface area contributed by atoms with Gasteiger partial charge in [0.1, 0.15) is 18.1 Å². The lowest BCUT2D eigenvalue weighted by Gasteiger charge is -2.24. The lowest BCUT2D eigenvalue weighted by molar-refractivity contribution is -0.142. The van der Waals surface area contributed by atoms with Gasteiger partial charge in [0.15, 0.2) is 0 Å². The second kappa shape index (κ2) is 14.1. The minimum Gasteiger partial charge on any atom is -0.481 e. The molecule has 0 spiro atoms. The number of benzene rings is 1. The maximum Gasteiger partial charge on any atom is 0.327 e. The Morgan fingerprint density at radius 3 is 2.25 bits per heavy atom. The number of nitrogens with two attached hydrogens (primary N) is 1. The summed E-state index contributed by atoms with van der Waals surface area (Å²) in [7, 11) is 0. The van der Waals surface area contributed by atoms with Crippen LogP contribution < -0.4 is 21.7 Å². The van der Waals surface area contributed by atoms with Gasteiger partial charge in [-0.05, 0) is 24.5 Å². The number of hydrogen-bond acceptors (Lipinski definition) is 8. The summed E-state index contributed by atoms with van der Waals surface area (Å²) in [5.41, 5.74) is 8.38. The van der Waals surface area contributed by atoms with Crippen LogP contribution in [0.25, 0.3) is 10.9 Å². The van der Waals surface area contributed by atoms with Crippen LogP contribution in [0.15, 0.2) is 43.0 Å². The number of thiol groups is 1. The molecule has 0 aliphatic carbocycles. The summed E-state index contributed by atoms with van der Waals surface area (Å²) in [4.78, 5) is 71.5. The van der Waals surface area contributed by atoms with E-state index in [0.29, 0.717) is 5.69 Å². The molecule has 3 aromatic rings. The molecule has 0 aliphatic rings. The van der Waals surface area contributed by atoms with E-state index in [4.69, 9.17) is 10.8 Å². The van der Waals surface area contributed by atoms with E-state index < -0.39 is 60.2 Å². The quantitative estimate of drug-likeness (QED) is 0.105. The molecule has 1 aromatic carbocycles. The smallest absolute Gasteiger partial charge is 0.327 e. The number of amides is 3. The number of imidazole rings is 1. The van der Waals surface area contributed by atoms with E-state index in [0.717, 1.165) is 16.5 Å². The number of aromatic amines is 2. The zero-order valence-corrected chi connectivity index (χ0v) is 22.2. The Bertz CT molecular complexity index is 1340. The summed E-state index contributed by atoms with van der Waals surface area (Å²) >= 11 is 3.89. The molecule has 0 saturated carbocycles. The van der Waals surface area contributed by atoms with Crippen LogP contribution >= 0.6 is 12.6 Å². The molecular formula is C25H31N7O7S. The summed E-state index contributed by atoms with van der Waals surface area (Å²) in [6.07, 6.45) is 3.93. The highest BCUT2D eigenvalue weighted by atomic mass is 32.1. The van der Waals surface area contributed by atoms with E-state index in [-0.39, 0.29) is 25.0 Å². The van der Waals surface area contributed by atoms with Crippen LogP contribution in [-0.2, 0) is 36.8 Å². The first-order chi connectivity index (χ1) is 19.1. The highest BCUT2D eigenvalue weighted by Crippen LogP contribution is 2.19. The number of H-pyrrole nitrogens is 2. The van der Waals surface area contributed by atoms with Crippen molar-refractivity contribution in [3.8, 4) is 0 Å². The third-order valence-corrected chi connectivity index (χ3v) is 6.51. The molecule has 0 radical (unpaired) electrons. The maximum atomic E-state index is 13.3. The first kappa shape index (κ1) is 30.2. The van der Waals surface area contributed by atoms with Gasteiger partial charge in [-0.1, -0.05) is 18.2 Å². The topological polar surface area (TPSA) is 232 Å². The maximum absolute atomic E-state index is 13.3. The van der Waals surface area contributed by atoms with E-state index >= 15 is 0 Å². The predicted molar refractivity (Wildman–Crippen MR) is 146 cm³/mol. The monoisotopic (exact) mass is 573 g/mol. The third kappa shape index (κ3) is 8.31. The number of nitrogens with zero attached hydrogens (tertiary/aromatic N) is 1. The molecular weight excluding hydrogens is 542 g/mol. The Morgan fingerprint density at radius 2 is 1.60 bits per heavy atom. The van der Waals surface area contributed by atoms with Gasteiger partial charge in [0.05, 0.1) is 12.4 Å². The third-order valence-electron chi connectivity index (χ3n) is 6.14. The van der Waals surface area contributed by atoms with Crippen LogP contribution in [0.5, 0.6) is 0 Å². The Morgan fingerprint density at radius 1 is 0.925 bits per heavy atom. The van der Waals surface area contributed by atoms with E-state index in [9.17, 15) is 29.1 Å². The van der Waals surface area contributed by atoms with Gasteiger partial charge in [-0.2, -0.15) is 12.6 Å². The summed E-state index contributed by atoms with van der Waals surface area (Å²) in [6, 6.07) is 2.53. The highest BCUT2D eigenvalue weighted by Gasteiger charge is 2.31. The van der Waals surface area contributed by atoms with Crippen LogP contribution in [0, 0.1) is 0 Å². The number of aromatic nitrogens is 3. The number of rotatable bonds is 15. The predicted octanol–water partition coefficient (Wildman–Crippen LogP) is -0.663. The molecule has 4 unspecified atom stereocenters. The van der Waals surface area contributed by atoms with Crippen LogP contribution in [0.4, 0.5) is 0 Å². The number of carboxylic acid groups (broad SMARTS) is 2. The Kier molecular flexibility index (Phi) is 10.7. The average molecular weight is 574 g/mol. The fourth-order valence-corrected chi connectivity index (χ4v) is 4.25. The molecule has 15 heteroatoms. The first-order valence-corrected chi connectivity index (χ1v) is 13.0. The number of carbonyl (C=O) groups is 5. The van der Waals surface area contributed by atoms with Crippen LogP contribution in [0.1, 0.15) is 24.1 Å². The van der Waals surface area contributed by atoms with Crippen molar-refractivity contribution in [1.82, 2.24) is 30.9 Å². The van der Waals surface area contributed by atoms with Crippen molar-refractivity contribution in [3.05, 3.63) is 54.2 Å². The molecule has 0 saturated heterocycles. The lowest BCUT2D eigenvalue weighted by atomic mass is 10.0. The Labute approximate surface area is 233 Å². The lowest BCUT2D eigenvalue weighted by Crippen LogP contribution is -2.58. The molecule has 3 rings (SSSR count). The minimum atomic E-state index is -1.40. The van der Waals surface area contributed by atoms with Gasteiger partial charge in [0.2, 0.25) is 17.7 Å². The van der Waals surface area contributed by atoms with Crippen LogP contribution in [0.3, 0.4) is 0 Å². The first-order valence-electron chi connectivity index (χ1n) is 12.3. The number of fused-ring (bicyclic) bond motifs is 1. The van der Waals surface area contributed by atoms with Crippen LogP contribution in [-0.4, -0.2) is 84.7 Å². The minimum absolute atomic E-state index is 0.0426. The van der Waals surface area contributed by atoms with Crippen LogP contribution in [0.2, 0.25) is 0 Å². The van der Waals surface area contributed by atoms with Gasteiger partial charge in [-0.25, -0.2) is 9.78 Å². The molecule has 40 heavy (non-hydrogen) atoms. The largest absolute Gasteiger partial charge is 0.481 e. The normalized spacial score (nSPS) is 14.1. The van der Waals surface area contributed by atoms with Gasteiger partial charge in [-0.3, -0.25) is 19.2 Å². The number of aliphatic carboxylic acids is 2. The molecule has 14 nitrogen and oxygen atoms in total. The number of para-hydroxylation sites is 1. The van der Waals surface area contributed by atoms with Crippen molar-refractivity contribution >= 4 is 53.2 Å². The van der Waals surface area contributed by atoms with E-state index in [2.05, 4.69) is 43.5 Å². The van der Waals surface area contributed by atoms with Crippen molar-refractivity contribution in [2.45, 2.75) is 49.9 Å². The average Bonchev–Trinajstić information content (AvgIpc) is 3.58. The molecule has 3 amide bonds. The number of nitrogens with one attached hydrogen (secondary N) is 5. The summed E-state index contributed by atoms with van der Waals surface area (Å²) in [5, 5.41) is 26.5. The molecule has 214 valence electrons. The second-order valence-corrected chi connectivity index (χ2v) is 9.45. The van der Waals surface area contributed by atoms with Crippen molar-refractivity contribution in [2.24, 2.45) is 5.73 Å². The van der Waals surface area contributed by atoms with Gasteiger partial charge in [0.25, 0.3) is 0 Å². The Balaban J connectivity index is 1.75. The van der Waals surface area contributed by atoms with Gasteiger partial charge >= 0.3 is 11.9 Å². The fourth-order valence-electron chi connectivity index (χ4n) is 4.00. The summed E-state index contributed by atoms with van der Waals surface area (Å²) in [5.74, 6) is -5.13. The SMILES string of the molecule is NC(Cc1c[nH]c2ccccc12)C(=O)NC(Cc1cnc[nH]1)C(=O)NC(CCC(=O)O)C(=O)NC(CS)C(=O)O. The molecule has 9 N–H and O–H groups in total. The summed E-state index contributed by atoms with van der Waals surface area (Å²) < 4.78 is 0. The molecule has 2 aromatic heterocycles. The second-order valence-electron chi connectivity index (χ2n) is 9.09. The molecule has 4 atom stereocenters. The van der Waals surface area contributed by atoms with Gasteiger partial charge in [0, 0.05) is 47.6 Å². The van der Waals surface area contributed by atoms with Gasteiger partial charge in [-0.15, -0.1) is 0 Å². The van der Waals surface area contributed by atoms with E-state index in [1.807, 2.05) is 24.3 Å². The van der Waals surface area contributed by atoms with Crippen molar-refractivity contribution < 1.29 is 34.2 Å². The summed E-state index contributed by atoms with van der Waals surface area (Å²) in [6.45, 7) is 0. The number of hydrogen-bond donors (Lipinski definition) is 9. The van der Waals surface area contributed by atoms with Gasteiger partial charge < -0.3 is 41.9 Å². The highest BCUT2D eigenvalue weighted by molar-refractivity contribution is 7.80. The van der Waals surface area contributed by atoms with Crippen molar-refractivity contribution in [2.75, 3.05) is 5.75 Å². The zero-order valence-electron chi connectivity index (χ0n) is 21.3. The van der Waals surface area contributed by atoms with E-state index in [1.165, 1.54) is 12.5 Å². The van der Waals surface area contributed by atoms with E-state index in [1.54, 1.807) is 6.20 Å². The molecule has 0 aliphatic heterocycles. The zero-order chi connectivity index (χ0) is 29.2. The molecule has 0 fully saturated rings. The molecule has 2 heterocycles. The molecule has 0 bridgehead atoms. The number of carbonyl (C=O) groups excluding carboxylic acids is 3. The van der Waals surface area contributed by atoms with Crippen molar-refractivity contribution in [1.29, 1.82) is 0 Å². The Hall–Kier alpha value is -4.37. The number of carboxylic acids is 2.